The topological polar surface area (TPSA) is 57.3 Å². The molecule has 6 nitrogen and oxygen atoms in total. The van der Waals surface area contributed by atoms with Gasteiger partial charge in [0.1, 0.15) is 23.7 Å². The molecule has 2 saturated heterocycles. The van der Waals surface area contributed by atoms with E-state index in [1.807, 2.05) is 17.8 Å². The molecule has 0 saturated carbocycles. The van der Waals surface area contributed by atoms with Crippen molar-refractivity contribution in [2.24, 2.45) is 0 Å². The number of benzene rings is 1. The fraction of sp³-hybridized carbons (Fsp3) is 0.455. The fourth-order valence-corrected chi connectivity index (χ4v) is 5.38. The number of nitrogens with one attached hydrogen (secondary N) is 1. The number of fused-ring (bicyclic) bond motifs is 1. The summed E-state index contributed by atoms with van der Waals surface area (Å²) >= 11 is 2.02. The van der Waals surface area contributed by atoms with Gasteiger partial charge in [-0.25, -0.2) is 9.97 Å². The highest BCUT2D eigenvalue weighted by Crippen LogP contribution is 2.35. The van der Waals surface area contributed by atoms with E-state index >= 15 is 0 Å². The highest BCUT2D eigenvalue weighted by molar-refractivity contribution is 7.99. The molecule has 5 rings (SSSR count). The Kier molecular flexibility index (Phi) is 5.23. The quantitative estimate of drug-likeness (QED) is 0.705. The first-order chi connectivity index (χ1) is 14.3. The van der Waals surface area contributed by atoms with Crippen molar-refractivity contribution >= 4 is 34.3 Å². The predicted octanol–water partition coefficient (Wildman–Crippen LogP) is 3.90. The van der Waals surface area contributed by atoms with Crippen molar-refractivity contribution < 1.29 is 4.74 Å². The first-order valence-electron chi connectivity index (χ1n) is 10.4. The number of methoxy groups -OCH3 is 1. The normalized spacial score (nSPS) is 18.4. The lowest BCUT2D eigenvalue weighted by Crippen LogP contribution is -2.35. The van der Waals surface area contributed by atoms with Crippen molar-refractivity contribution in [2.75, 3.05) is 54.6 Å². The van der Waals surface area contributed by atoms with E-state index in [9.17, 15) is 0 Å². The number of H-pyrrole nitrogens is 1. The highest BCUT2D eigenvalue weighted by atomic mass is 32.2. The third-order valence-electron chi connectivity index (χ3n) is 6.15. The Morgan fingerprint density at radius 1 is 1.00 bits per heavy atom. The summed E-state index contributed by atoms with van der Waals surface area (Å²) in [6, 6.07) is 8.45. The van der Waals surface area contributed by atoms with Gasteiger partial charge >= 0.3 is 0 Å². The van der Waals surface area contributed by atoms with E-state index in [-0.39, 0.29) is 0 Å². The first kappa shape index (κ1) is 18.6. The van der Waals surface area contributed by atoms with Gasteiger partial charge in [0.2, 0.25) is 0 Å². The lowest BCUT2D eigenvalue weighted by molar-refractivity contribution is 0.415. The van der Waals surface area contributed by atoms with E-state index in [1.54, 1.807) is 13.4 Å². The summed E-state index contributed by atoms with van der Waals surface area (Å²) in [4.78, 5) is 17.3. The van der Waals surface area contributed by atoms with Crippen LogP contribution < -0.4 is 14.5 Å². The minimum Gasteiger partial charge on any atom is -0.497 e. The summed E-state index contributed by atoms with van der Waals surface area (Å²) in [5.74, 6) is 5.97. The van der Waals surface area contributed by atoms with Crippen LogP contribution in [0, 0.1) is 0 Å². The van der Waals surface area contributed by atoms with Gasteiger partial charge in [-0.15, -0.1) is 0 Å². The maximum Gasteiger partial charge on any atom is 0.134 e. The summed E-state index contributed by atoms with van der Waals surface area (Å²) in [7, 11) is 1.73. The van der Waals surface area contributed by atoms with Crippen LogP contribution in [0.25, 0.3) is 10.9 Å². The van der Waals surface area contributed by atoms with E-state index in [2.05, 4.69) is 49.1 Å². The van der Waals surface area contributed by atoms with Crippen LogP contribution in [0.5, 0.6) is 5.75 Å². The van der Waals surface area contributed by atoms with Crippen LogP contribution in [-0.4, -0.2) is 59.7 Å². The van der Waals surface area contributed by atoms with E-state index < -0.39 is 0 Å². The number of piperidine rings is 1. The molecule has 0 bridgehead atoms. The van der Waals surface area contributed by atoms with Crippen molar-refractivity contribution in [3.05, 3.63) is 42.4 Å². The molecule has 2 fully saturated rings. The second-order valence-electron chi connectivity index (χ2n) is 7.75. The Bertz CT molecular complexity index is 976. The molecule has 2 aliphatic rings. The SMILES string of the molecule is COc1ccc2[nH]cc(C3CCN(c4cc(N5CCSCC5)ncn4)CC3)c2c1. The van der Waals surface area contributed by atoms with Gasteiger partial charge in [0.15, 0.2) is 0 Å². The zero-order valence-electron chi connectivity index (χ0n) is 16.8. The third-order valence-corrected chi connectivity index (χ3v) is 7.10. The number of anilines is 2. The zero-order chi connectivity index (χ0) is 19.6. The predicted molar refractivity (Wildman–Crippen MR) is 121 cm³/mol. The number of ether oxygens (including phenoxy) is 1. The Hall–Kier alpha value is -2.41. The third kappa shape index (κ3) is 3.75. The molecule has 4 heterocycles. The largest absolute Gasteiger partial charge is 0.497 e. The van der Waals surface area contributed by atoms with Gasteiger partial charge in [-0.3, -0.25) is 0 Å². The molecule has 2 aromatic heterocycles. The number of hydrogen-bond acceptors (Lipinski definition) is 6. The van der Waals surface area contributed by atoms with Gasteiger partial charge < -0.3 is 19.5 Å². The molecule has 0 radical (unpaired) electrons. The second kappa shape index (κ2) is 8.14. The molecule has 7 heteroatoms. The lowest BCUT2D eigenvalue weighted by Gasteiger charge is -2.33. The van der Waals surface area contributed by atoms with Crippen molar-refractivity contribution in [1.82, 2.24) is 15.0 Å². The molecular formula is C22H27N5OS. The lowest BCUT2D eigenvalue weighted by atomic mass is 9.89. The van der Waals surface area contributed by atoms with Gasteiger partial charge in [-0.05, 0) is 42.5 Å². The molecule has 29 heavy (non-hydrogen) atoms. The Morgan fingerprint density at radius 3 is 2.45 bits per heavy atom. The van der Waals surface area contributed by atoms with E-state index in [4.69, 9.17) is 4.74 Å². The van der Waals surface area contributed by atoms with Crippen LogP contribution >= 0.6 is 11.8 Å². The van der Waals surface area contributed by atoms with Crippen LogP contribution in [0.2, 0.25) is 0 Å². The van der Waals surface area contributed by atoms with Crippen LogP contribution in [0.15, 0.2) is 36.8 Å². The number of nitrogens with zero attached hydrogens (tertiary/aromatic N) is 4. The molecule has 0 unspecified atom stereocenters. The van der Waals surface area contributed by atoms with Crippen LogP contribution in [0.3, 0.4) is 0 Å². The number of aromatic amines is 1. The number of aromatic nitrogens is 3. The van der Waals surface area contributed by atoms with Crippen LogP contribution in [-0.2, 0) is 0 Å². The van der Waals surface area contributed by atoms with Crippen LogP contribution in [0.1, 0.15) is 24.3 Å². The van der Waals surface area contributed by atoms with E-state index in [1.165, 1.54) is 28.0 Å². The van der Waals surface area contributed by atoms with Gasteiger partial charge in [0.05, 0.1) is 7.11 Å². The van der Waals surface area contributed by atoms with Crippen LogP contribution in [0.4, 0.5) is 11.6 Å². The van der Waals surface area contributed by atoms with Gasteiger partial charge in [0.25, 0.3) is 0 Å². The summed E-state index contributed by atoms with van der Waals surface area (Å²) < 4.78 is 5.43. The number of hydrogen-bond donors (Lipinski definition) is 1. The van der Waals surface area contributed by atoms with E-state index in [0.717, 1.165) is 56.4 Å². The maximum absolute atomic E-state index is 5.43. The average molecular weight is 410 g/mol. The molecule has 0 amide bonds. The van der Waals surface area contributed by atoms with Crippen molar-refractivity contribution in [3.8, 4) is 5.75 Å². The second-order valence-corrected chi connectivity index (χ2v) is 8.98. The standard InChI is InChI=1S/C22H27N5OS/c1-28-17-2-3-20-18(12-17)19(14-23-20)16-4-6-26(7-5-16)21-13-22(25-15-24-21)27-8-10-29-11-9-27/h2-3,12-16,23H,4-11H2,1H3. The Morgan fingerprint density at radius 2 is 1.72 bits per heavy atom. The summed E-state index contributed by atoms with van der Waals surface area (Å²) in [6.45, 7) is 4.20. The minimum atomic E-state index is 0.563. The summed E-state index contributed by atoms with van der Waals surface area (Å²) in [5, 5.41) is 1.29. The smallest absolute Gasteiger partial charge is 0.134 e. The molecule has 152 valence electrons. The molecule has 1 aromatic carbocycles. The molecule has 3 aromatic rings. The summed E-state index contributed by atoms with van der Waals surface area (Å²) in [5.41, 5.74) is 2.59. The minimum absolute atomic E-state index is 0.563. The van der Waals surface area contributed by atoms with Crippen molar-refractivity contribution in [3.63, 3.8) is 0 Å². The van der Waals surface area contributed by atoms with Gasteiger partial charge in [-0.1, -0.05) is 0 Å². The average Bonchev–Trinajstić information content (AvgIpc) is 3.23. The molecule has 0 spiro atoms. The fourth-order valence-electron chi connectivity index (χ4n) is 4.48. The van der Waals surface area contributed by atoms with Gasteiger partial charge in [0, 0.05) is 60.9 Å². The molecular weight excluding hydrogens is 382 g/mol. The van der Waals surface area contributed by atoms with Gasteiger partial charge in [-0.2, -0.15) is 11.8 Å². The molecule has 0 aliphatic carbocycles. The van der Waals surface area contributed by atoms with Crippen molar-refractivity contribution in [2.45, 2.75) is 18.8 Å². The molecule has 0 atom stereocenters. The highest BCUT2D eigenvalue weighted by Gasteiger charge is 2.24. The van der Waals surface area contributed by atoms with Crippen molar-refractivity contribution in [1.29, 1.82) is 0 Å². The monoisotopic (exact) mass is 409 g/mol. The Balaban J connectivity index is 1.30. The molecule has 1 N–H and O–H groups in total. The first-order valence-corrected chi connectivity index (χ1v) is 11.5. The maximum atomic E-state index is 5.43. The summed E-state index contributed by atoms with van der Waals surface area (Å²) in [6.07, 6.45) is 6.17. The number of rotatable bonds is 4. The molecule has 2 aliphatic heterocycles. The Labute approximate surface area is 175 Å². The van der Waals surface area contributed by atoms with E-state index in [0.29, 0.717) is 5.92 Å². The number of thioether (sulfide) groups is 1. The zero-order valence-corrected chi connectivity index (χ0v) is 17.6.